The molecule has 0 aliphatic heterocycles. The van der Waals surface area contributed by atoms with E-state index < -0.39 is 10.0 Å². The summed E-state index contributed by atoms with van der Waals surface area (Å²) in [4.78, 5) is 0.337. The molecule has 114 valence electrons. The Labute approximate surface area is 123 Å². The number of nitrogens with one attached hydrogen (secondary N) is 2. The Balaban J connectivity index is 2.82. The lowest BCUT2D eigenvalue weighted by Gasteiger charge is -2.14. The molecule has 0 aromatic heterocycles. The minimum absolute atomic E-state index is 0.144. The molecular formula is C15H26N2O2S. The predicted octanol–water partition coefficient (Wildman–Crippen LogP) is 2.68. The van der Waals surface area contributed by atoms with E-state index in [1.807, 2.05) is 19.9 Å². The maximum Gasteiger partial charge on any atom is 0.240 e. The second-order valence-electron chi connectivity index (χ2n) is 5.43. The molecular weight excluding hydrogens is 272 g/mol. The van der Waals surface area contributed by atoms with E-state index in [-0.39, 0.29) is 6.04 Å². The van der Waals surface area contributed by atoms with Gasteiger partial charge in [-0.25, -0.2) is 13.1 Å². The molecule has 0 aliphatic carbocycles. The quantitative estimate of drug-likeness (QED) is 0.776. The number of sulfonamides is 1. The van der Waals surface area contributed by atoms with Gasteiger partial charge in [0.25, 0.3) is 0 Å². The summed E-state index contributed by atoms with van der Waals surface area (Å²) in [5.74, 6) is 0.484. The first-order chi connectivity index (χ1) is 9.36. The molecule has 0 fully saturated rings. The third-order valence-electron chi connectivity index (χ3n) is 3.19. The van der Waals surface area contributed by atoms with E-state index in [9.17, 15) is 8.42 Å². The molecule has 1 aromatic rings. The number of benzene rings is 1. The van der Waals surface area contributed by atoms with Crippen LogP contribution in [0.25, 0.3) is 0 Å². The average molecular weight is 298 g/mol. The summed E-state index contributed by atoms with van der Waals surface area (Å²) in [6, 6.07) is 7.26. The van der Waals surface area contributed by atoms with E-state index in [2.05, 4.69) is 23.9 Å². The third-order valence-corrected chi connectivity index (χ3v) is 4.65. The van der Waals surface area contributed by atoms with Crippen molar-refractivity contribution >= 4 is 10.0 Å². The fourth-order valence-electron chi connectivity index (χ4n) is 1.94. The molecule has 0 radical (unpaired) electrons. The highest BCUT2D eigenvalue weighted by atomic mass is 32.2. The maximum absolute atomic E-state index is 12.2. The van der Waals surface area contributed by atoms with Crippen LogP contribution in [0.1, 0.15) is 45.7 Å². The molecule has 5 heteroatoms. The molecule has 1 atom stereocenters. The van der Waals surface area contributed by atoms with Crippen LogP contribution in [0.2, 0.25) is 0 Å². The Kier molecular flexibility index (Phi) is 6.65. The Hall–Kier alpha value is -0.910. The fraction of sp³-hybridized carbons (Fsp3) is 0.600. The van der Waals surface area contributed by atoms with Gasteiger partial charge in [0.05, 0.1) is 4.90 Å². The van der Waals surface area contributed by atoms with E-state index in [4.69, 9.17) is 0 Å². The van der Waals surface area contributed by atoms with Crippen LogP contribution >= 0.6 is 0 Å². The molecule has 1 rings (SSSR count). The minimum Gasteiger partial charge on any atom is -0.310 e. The zero-order chi connectivity index (χ0) is 15.2. The minimum atomic E-state index is -3.40. The monoisotopic (exact) mass is 298 g/mol. The van der Waals surface area contributed by atoms with Crippen molar-refractivity contribution in [1.82, 2.24) is 10.0 Å². The molecule has 0 bridgehead atoms. The van der Waals surface area contributed by atoms with Crippen molar-refractivity contribution in [3.63, 3.8) is 0 Å². The van der Waals surface area contributed by atoms with Gasteiger partial charge in [-0.2, -0.15) is 0 Å². The van der Waals surface area contributed by atoms with Crippen molar-refractivity contribution in [2.75, 3.05) is 13.1 Å². The summed E-state index contributed by atoms with van der Waals surface area (Å²) in [5.41, 5.74) is 0.985. The van der Waals surface area contributed by atoms with Gasteiger partial charge in [0, 0.05) is 12.6 Å². The van der Waals surface area contributed by atoms with Crippen LogP contribution in [0.4, 0.5) is 0 Å². The summed E-state index contributed by atoms with van der Waals surface area (Å²) >= 11 is 0. The summed E-state index contributed by atoms with van der Waals surface area (Å²) in [5, 5.41) is 3.28. The Morgan fingerprint density at radius 3 is 2.50 bits per heavy atom. The molecule has 20 heavy (non-hydrogen) atoms. The second kappa shape index (κ2) is 7.76. The Morgan fingerprint density at radius 2 is 1.90 bits per heavy atom. The van der Waals surface area contributed by atoms with E-state index >= 15 is 0 Å². The molecule has 0 amide bonds. The van der Waals surface area contributed by atoms with Gasteiger partial charge < -0.3 is 5.32 Å². The second-order valence-corrected chi connectivity index (χ2v) is 7.20. The lowest BCUT2D eigenvalue weighted by Crippen LogP contribution is -2.26. The van der Waals surface area contributed by atoms with Crippen LogP contribution in [-0.4, -0.2) is 21.5 Å². The first-order valence-electron chi connectivity index (χ1n) is 7.19. The number of hydrogen-bond acceptors (Lipinski definition) is 3. The van der Waals surface area contributed by atoms with Gasteiger partial charge in [0.15, 0.2) is 0 Å². The first kappa shape index (κ1) is 17.1. The summed E-state index contributed by atoms with van der Waals surface area (Å²) in [6.07, 6.45) is 0.840. The van der Waals surface area contributed by atoms with Crippen molar-refractivity contribution in [2.45, 2.75) is 45.1 Å². The highest BCUT2D eigenvalue weighted by Gasteiger charge is 2.15. The molecule has 0 spiro atoms. The van der Waals surface area contributed by atoms with Gasteiger partial charge >= 0.3 is 0 Å². The molecule has 0 heterocycles. The lowest BCUT2D eigenvalue weighted by atomic mass is 10.1. The largest absolute Gasteiger partial charge is 0.310 e. The highest BCUT2D eigenvalue weighted by Crippen LogP contribution is 2.17. The SMILES string of the molecule is CCNC(C)c1cccc(S(=O)(=O)NCCC(C)C)c1. The Morgan fingerprint density at radius 1 is 1.20 bits per heavy atom. The summed E-state index contributed by atoms with van der Waals surface area (Å²) in [7, 11) is -3.40. The van der Waals surface area contributed by atoms with Crippen LogP contribution in [0.15, 0.2) is 29.2 Å². The van der Waals surface area contributed by atoms with E-state index in [1.54, 1.807) is 18.2 Å². The lowest BCUT2D eigenvalue weighted by molar-refractivity contribution is 0.551. The van der Waals surface area contributed by atoms with Crippen molar-refractivity contribution in [2.24, 2.45) is 5.92 Å². The fourth-order valence-corrected chi connectivity index (χ4v) is 3.04. The maximum atomic E-state index is 12.2. The number of rotatable bonds is 8. The molecule has 0 saturated heterocycles. The van der Waals surface area contributed by atoms with Gasteiger partial charge in [-0.05, 0) is 43.5 Å². The van der Waals surface area contributed by atoms with Crippen LogP contribution in [0.3, 0.4) is 0 Å². The van der Waals surface area contributed by atoms with Crippen molar-refractivity contribution in [3.05, 3.63) is 29.8 Å². The summed E-state index contributed by atoms with van der Waals surface area (Å²) in [6.45, 7) is 9.55. The van der Waals surface area contributed by atoms with Gasteiger partial charge in [-0.3, -0.25) is 0 Å². The van der Waals surface area contributed by atoms with Gasteiger partial charge in [-0.1, -0.05) is 32.9 Å². The molecule has 0 aliphatic rings. The van der Waals surface area contributed by atoms with E-state index in [0.717, 1.165) is 18.5 Å². The van der Waals surface area contributed by atoms with Gasteiger partial charge in [-0.15, -0.1) is 0 Å². The third kappa shape index (κ3) is 5.23. The highest BCUT2D eigenvalue weighted by molar-refractivity contribution is 7.89. The molecule has 0 saturated carbocycles. The zero-order valence-electron chi connectivity index (χ0n) is 12.8. The normalized spacial score (nSPS) is 13.7. The predicted molar refractivity (Wildman–Crippen MR) is 83.2 cm³/mol. The average Bonchev–Trinajstić information content (AvgIpc) is 2.38. The van der Waals surface area contributed by atoms with Gasteiger partial charge in [0.1, 0.15) is 0 Å². The van der Waals surface area contributed by atoms with E-state index in [1.165, 1.54) is 0 Å². The van der Waals surface area contributed by atoms with Crippen LogP contribution in [-0.2, 0) is 10.0 Å². The van der Waals surface area contributed by atoms with Crippen LogP contribution < -0.4 is 10.0 Å². The van der Waals surface area contributed by atoms with Crippen molar-refractivity contribution in [3.8, 4) is 0 Å². The molecule has 4 nitrogen and oxygen atoms in total. The smallest absolute Gasteiger partial charge is 0.240 e. The first-order valence-corrected chi connectivity index (χ1v) is 8.68. The topological polar surface area (TPSA) is 58.2 Å². The molecule has 1 unspecified atom stereocenters. The standard InChI is InChI=1S/C15H26N2O2S/c1-5-16-13(4)14-7-6-8-15(11-14)20(18,19)17-10-9-12(2)3/h6-8,11-13,16-17H,5,9-10H2,1-4H3. The van der Waals surface area contributed by atoms with Crippen LogP contribution in [0, 0.1) is 5.92 Å². The van der Waals surface area contributed by atoms with Crippen molar-refractivity contribution < 1.29 is 8.42 Å². The van der Waals surface area contributed by atoms with Gasteiger partial charge in [0.2, 0.25) is 10.0 Å². The van der Waals surface area contributed by atoms with E-state index in [0.29, 0.717) is 17.4 Å². The Bertz CT molecular complexity index is 512. The van der Waals surface area contributed by atoms with Crippen LogP contribution in [0.5, 0.6) is 0 Å². The number of hydrogen-bond donors (Lipinski definition) is 2. The summed E-state index contributed by atoms with van der Waals surface area (Å²) < 4.78 is 27.1. The molecule has 1 aromatic carbocycles. The van der Waals surface area contributed by atoms with Crippen molar-refractivity contribution in [1.29, 1.82) is 0 Å². The molecule has 2 N–H and O–H groups in total. The zero-order valence-corrected chi connectivity index (χ0v) is 13.6.